The average Bonchev–Trinajstić information content (AvgIpc) is 2.13. The van der Waals surface area contributed by atoms with Gasteiger partial charge in [-0.15, -0.1) is 0 Å². The van der Waals surface area contributed by atoms with Gasteiger partial charge < -0.3 is 5.32 Å². The predicted octanol–water partition coefficient (Wildman–Crippen LogP) is 2.46. The molecule has 0 unspecified atom stereocenters. The lowest BCUT2D eigenvalue weighted by molar-refractivity contribution is 0.145. The number of hydrogen-bond acceptors (Lipinski definition) is 1. The molecule has 84 valence electrons. The van der Waals surface area contributed by atoms with Crippen LogP contribution < -0.4 is 5.32 Å². The van der Waals surface area contributed by atoms with Crippen LogP contribution in [0.2, 0.25) is 0 Å². The first-order valence-corrected chi connectivity index (χ1v) is 4.13. The zero-order chi connectivity index (χ0) is 11.4. The molecule has 1 aromatic rings. The molecule has 0 amide bonds. The number of alkyl halides is 2. The van der Waals surface area contributed by atoms with E-state index in [1.807, 2.05) is 0 Å². The van der Waals surface area contributed by atoms with E-state index in [-0.39, 0.29) is 12.1 Å². The number of benzene rings is 1. The SMILES string of the molecule is Fc1cc(F)c(CNCC(F)F)cc1F. The summed E-state index contributed by atoms with van der Waals surface area (Å²) in [6, 6.07) is 1.03. The highest BCUT2D eigenvalue weighted by Crippen LogP contribution is 2.13. The zero-order valence-corrected chi connectivity index (χ0v) is 7.54. The molecule has 0 aliphatic heterocycles. The van der Waals surface area contributed by atoms with Crippen LogP contribution in [0.1, 0.15) is 5.56 Å². The minimum absolute atomic E-state index is 0.186. The molecule has 1 N–H and O–H groups in total. The molecule has 0 aromatic heterocycles. The molecule has 0 bridgehead atoms. The van der Waals surface area contributed by atoms with Crippen LogP contribution >= 0.6 is 0 Å². The zero-order valence-electron chi connectivity index (χ0n) is 7.54. The molecule has 0 fully saturated rings. The van der Waals surface area contributed by atoms with Crippen LogP contribution in [0.3, 0.4) is 0 Å². The van der Waals surface area contributed by atoms with Crippen molar-refractivity contribution in [1.82, 2.24) is 5.32 Å². The lowest BCUT2D eigenvalue weighted by Crippen LogP contribution is -2.21. The van der Waals surface area contributed by atoms with E-state index in [0.29, 0.717) is 12.1 Å². The Bertz CT molecular complexity index is 340. The van der Waals surface area contributed by atoms with Crippen molar-refractivity contribution in [3.63, 3.8) is 0 Å². The van der Waals surface area contributed by atoms with E-state index in [2.05, 4.69) is 5.32 Å². The second-order valence-corrected chi connectivity index (χ2v) is 2.88. The largest absolute Gasteiger partial charge is 0.307 e. The van der Waals surface area contributed by atoms with Crippen molar-refractivity contribution in [1.29, 1.82) is 0 Å². The van der Waals surface area contributed by atoms with E-state index < -0.39 is 30.4 Å². The molecule has 0 aliphatic rings. The maximum Gasteiger partial charge on any atom is 0.250 e. The minimum Gasteiger partial charge on any atom is -0.307 e. The van der Waals surface area contributed by atoms with Gasteiger partial charge in [-0.1, -0.05) is 0 Å². The molecule has 1 rings (SSSR count). The molecule has 6 heteroatoms. The van der Waals surface area contributed by atoms with Crippen LogP contribution in [0.15, 0.2) is 12.1 Å². The quantitative estimate of drug-likeness (QED) is 0.613. The van der Waals surface area contributed by atoms with Crippen LogP contribution in [0.25, 0.3) is 0 Å². The molecular weight excluding hydrogens is 217 g/mol. The molecule has 15 heavy (non-hydrogen) atoms. The molecule has 0 radical (unpaired) electrons. The van der Waals surface area contributed by atoms with Gasteiger partial charge in [-0.05, 0) is 6.07 Å². The van der Waals surface area contributed by atoms with Crippen LogP contribution in [0.5, 0.6) is 0 Å². The molecule has 0 heterocycles. The van der Waals surface area contributed by atoms with Gasteiger partial charge in [0.1, 0.15) is 5.82 Å². The van der Waals surface area contributed by atoms with Gasteiger partial charge in [-0.2, -0.15) is 0 Å². The van der Waals surface area contributed by atoms with Crippen molar-refractivity contribution in [3.05, 3.63) is 35.1 Å². The summed E-state index contributed by atoms with van der Waals surface area (Å²) in [4.78, 5) is 0. The summed E-state index contributed by atoms with van der Waals surface area (Å²) < 4.78 is 61.4. The maximum absolute atomic E-state index is 12.9. The van der Waals surface area contributed by atoms with Gasteiger partial charge in [-0.3, -0.25) is 0 Å². The van der Waals surface area contributed by atoms with Gasteiger partial charge in [0.15, 0.2) is 11.6 Å². The highest BCUT2D eigenvalue weighted by molar-refractivity contribution is 5.19. The van der Waals surface area contributed by atoms with E-state index in [9.17, 15) is 22.0 Å². The first-order chi connectivity index (χ1) is 7.00. The fourth-order valence-electron chi connectivity index (χ4n) is 1.02. The Kier molecular flexibility index (Phi) is 4.02. The first kappa shape index (κ1) is 11.9. The summed E-state index contributed by atoms with van der Waals surface area (Å²) in [6.45, 7) is -0.897. The molecule has 0 saturated carbocycles. The van der Waals surface area contributed by atoms with Crippen molar-refractivity contribution in [2.45, 2.75) is 13.0 Å². The Morgan fingerprint density at radius 2 is 1.60 bits per heavy atom. The third-order valence-corrected chi connectivity index (χ3v) is 1.70. The minimum atomic E-state index is -2.57. The summed E-state index contributed by atoms with van der Waals surface area (Å²) in [5.74, 6) is -3.47. The van der Waals surface area contributed by atoms with E-state index in [0.717, 1.165) is 0 Å². The van der Waals surface area contributed by atoms with E-state index in [1.54, 1.807) is 0 Å². The van der Waals surface area contributed by atoms with Crippen molar-refractivity contribution in [2.75, 3.05) is 6.54 Å². The second kappa shape index (κ2) is 5.06. The van der Waals surface area contributed by atoms with Gasteiger partial charge >= 0.3 is 0 Å². The molecule has 1 nitrogen and oxygen atoms in total. The highest BCUT2D eigenvalue weighted by Gasteiger charge is 2.10. The van der Waals surface area contributed by atoms with Gasteiger partial charge in [0.2, 0.25) is 0 Å². The molecule has 0 atom stereocenters. The van der Waals surface area contributed by atoms with Gasteiger partial charge in [0, 0.05) is 18.2 Å². The summed E-state index contributed by atoms with van der Waals surface area (Å²) in [6.07, 6.45) is -2.57. The predicted molar refractivity (Wildman–Crippen MR) is 44.0 cm³/mol. The van der Waals surface area contributed by atoms with Gasteiger partial charge in [0.05, 0.1) is 6.54 Å². The van der Waals surface area contributed by atoms with E-state index in [1.165, 1.54) is 0 Å². The number of hydrogen-bond donors (Lipinski definition) is 1. The summed E-state index contributed by atoms with van der Waals surface area (Å²) >= 11 is 0. The van der Waals surface area contributed by atoms with Crippen molar-refractivity contribution < 1.29 is 22.0 Å². The second-order valence-electron chi connectivity index (χ2n) is 2.88. The van der Waals surface area contributed by atoms with Crippen LogP contribution in [-0.2, 0) is 6.54 Å². The van der Waals surface area contributed by atoms with Crippen LogP contribution in [0.4, 0.5) is 22.0 Å². The smallest absolute Gasteiger partial charge is 0.250 e. The Hall–Kier alpha value is -1.17. The molecular formula is C9H8F5N. The Morgan fingerprint density at radius 1 is 1.00 bits per heavy atom. The molecule has 0 saturated heterocycles. The van der Waals surface area contributed by atoms with Crippen molar-refractivity contribution >= 4 is 0 Å². The van der Waals surface area contributed by atoms with E-state index >= 15 is 0 Å². The van der Waals surface area contributed by atoms with Crippen molar-refractivity contribution in [3.8, 4) is 0 Å². The third-order valence-electron chi connectivity index (χ3n) is 1.70. The lowest BCUT2D eigenvalue weighted by atomic mass is 10.2. The first-order valence-electron chi connectivity index (χ1n) is 4.13. The summed E-state index contributed by atoms with van der Waals surface area (Å²) in [5.41, 5.74) is -0.186. The summed E-state index contributed by atoms with van der Waals surface area (Å²) in [7, 11) is 0. The van der Waals surface area contributed by atoms with Gasteiger partial charge in [0.25, 0.3) is 6.43 Å². The highest BCUT2D eigenvalue weighted by atomic mass is 19.3. The molecule has 0 aliphatic carbocycles. The molecule has 1 aromatic carbocycles. The normalized spacial score (nSPS) is 11.1. The lowest BCUT2D eigenvalue weighted by Gasteiger charge is -2.05. The standard InChI is InChI=1S/C9H8F5N/c10-6-2-8(12)7(11)1-5(6)3-15-4-9(13)14/h1-2,9,15H,3-4H2. The molecule has 0 spiro atoms. The topological polar surface area (TPSA) is 12.0 Å². The van der Waals surface area contributed by atoms with Crippen molar-refractivity contribution in [2.24, 2.45) is 0 Å². The summed E-state index contributed by atoms with van der Waals surface area (Å²) in [5, 5.41) is 2.21. The van der Waals surface area contributed by atoms with Crippen LogP contribution in [0, 0.1) is 17.5 Å². The Morgan fingerprint density at radius 3 is 2.20 bits per heavy atom. The van der Waals surface area contributed by atoms with Gasteiger partial charge in [-0.25, -0.2) is 22.0 Å². The fraction of sp³-hybridized carbons (Fsp3) is 0.333. The van der Waals surface area contributed by atoms with Crippen LogP contribution in [-0.4, -0.2) is 13.0 Å². The third kappa shape index (κ3) is 3.47. The monoisotopic (exact) mass is 225 g/mol. The number of nitrogens with one attached hydrogen (secondary N) is 1. The maximum atomic E-state index is 12.9. The van der Waals surface area contributed by atoms with E-state index in [4.69, 9.17) is 0 Å². The number of rotatable bonds is 4. The Labute approximate surface area is 82.9 Å². The fourth-order valence-corrected chi connectivity index (χ4v) is 1.02. The Balaban J connectivity index is 2.65. The average molecular weight is 225 g/mol. The number of halogens is 5.